The highest BCUT2D eigenvalue weighted by molar-refractivity contribution is 5.79. The summed E-state index contributed by atoms with van der Waals surface area (Å²) < 4.78 is 4.84. The summed E-state index contributed by atoms with van der Waals surface area (Å²) in [4.78, 5) is 10.6. The number of ether oxygens (including phenoxy) is 1. The molecule has 0 saturated heterocycles. The van der Waals surface area contributed by atoms with Gasteiger partial charge in [0.2, 0.25) is 0 Å². The summed E-state index contributed by atoms with van der Waals surface area (Å²) in [6, 6.07) is 2.90. The molecule has 1 aromatic rings. The number of phenols is 1. The van der Waals surface area contributed by atoms with Gasteiger partial charge in [0, 0.05) is 12.1 Å². The summed E-state index contributed by atoms with van der Waals surface area (Å²) in [5, 5.41) is 9.35. The second-order valence-electron chi connectivity index (χ2n) is 2.54. The normalized spacial score (nSPS) is 9.69. The number of aldehydes is 1. The molecule has 0 bridgehead atoms. The van der Waals surface area contributed by atoms with Crippen LogP contribution in [0.15, 0.2) is 12.1 Å². The van der Waals surface area contributed by atoms with Crippen LogP contribution in [0, 0.1) is 0 Å². The van der Waals surface area contributed by atoms with Crippen molar-refractivity contribution in [2.45, 2.75) is 6.54 Å². The predicted molar refractivity (Wildman–Crippen MR) is 47.9 cm³/mol. The third kappa shape index (κ3) is 1.78. The molecule has 0 atom stereocenters. The molecule has 0 fully saturated rings. The van der Waals surface area contributed by atoms with E-state index in [0.29, 0.717) is 17.4 Å². The fraction of sp³-hybridized carbons (Fsp3) is 0.222. The van der Waals surface area contributed by atoms with Gasteiger partial charge in [-0.2, -0.15) is 0 Å². The van der Waals surface area contributed by atoms with E-state index < -0.39 is 0 Å². The van der Waals surface area contributed by atoms with E-state index in [9.17, 15) is 9.90 Å². The molecule has 0 radical (unpaired) electrons. The maximum Gasteiger partial charge on any atom is 0.161 e. The Kier molecular flexibility index (Phi) is 2.87. The predicted octanol–water partition coefficient (Wildman–Crippen LogP) is 0.672. The van der Waals surface area contributed by atoms with Crippen LogP contribution in [-0.2, 0) is 6.54 Å². The van der Waals surface area contributed by atoms with Crippen LogP contribution in [0.2, 0.25) is 0 Å². The zero-order valence-electron chi connectivity index (χ0n) is 7.28. The van der Waals surface area contributed by atoms with Gasteiger partial charge in [-0.25, -0.2) is 0 Å². The van der Waals surface area contributed by atoms with Gasteiger partial charge >= 0.3 is 0 Å². The van der Waals surface area contributed by atoms with Crippen molar-refractivity contribution in [3.8, 4) is 11.5 Å². The minimum Gasteiger partial charge on any atom is -0.504 e. The van der Waals surface area contributed by atoms with Crippen LogP contribution in [0.1, 0.15) is 15.9 Å². The highest BCUT2D eigenvalue weighted by atomic mass is 16.5. The van der Waals surface area contributed by atoms with E-state index in [1.165, 1.54) is 19.2 Å². The molecule has 0 saturated carbocycles. The van der Waals surface area contributed by atoms with Gasteiger partial charge in [0.1, 0.15) is 0 Å². The summed E-state index contributed by atoms with van der Waals surface area (Å²) in [6.07, 6.45) is 0.685. The molecule has 4 heteroatoms. The molecular weight excluding hydrogens is 170 g/mol. The van der Waals surface area contributed by atoms with E-state index in [2.05, 4.69) is 0 Å². The number of rotatable bonds is 3. The molecule has 0 aliphatic heterocycles. The fourth-order valence-corrected chi connectivity index (χ4v) is 1.08. The first-order chi connectivity index (χ1) is 6.22. The molecule has 4 nitrogen and oxygen atoms in total. The van der Waals surface area contributed by atoms with Crippen LogP contribution in [0.25, 0.3) is 0 Å². The fourth-order valence-electron chi connectivity index (χ4n) is 1.08. The third-order valence-electron chi connectivity index (χ3n) is 1.79. The van der Waals surface area contributed by atoms with E-state index >= 15 is 0 Å². The van der Waals surface area contributed by atoms with E-state index in [4.69, 9.17) is 10.5 Å². The first-order valence-corrected chi connectivity index (χ1v) is 3.78. The van der Waals surface area contributed by atoms with Gasteiger partial charge in [-0.15, -0.1) is 0 Å². The van der Waals surface area contributed by atoms with Gasteiger partial charge in [0.15, 0.2) is 17.8 Å². The van der Waals surface area contributed by atoms with Crippen molar-refractivity contribution in [3.63, 3.8) is 0 Å². The van der Waals surface area contributed by atoms with Crippen LogP contribution in [0.3, 0.4) is 0 Å². The van der Waals surface area contributed by atoms with Crippen LogP contribution in [0.4, 0.5) is 0 Å². The molecule has 0 aliphatic rings. The monoisotopic (exact) mass is 181 g/mol. The van der Waals surface area contributed by atoms with Gasteiger partial charge in [-0.1, -0.05) is 0 Å². The van der Waals surface area contributed by atoms with Gasteiger partial charge in [0.25, 0.3) is 0 Å². The Bertz CT molecular complexity index is 323. The van der Waals surface area contributed by atoms with Crippen molar-refractivity contribution < 1.29 is 14.6 Å². The molecule has 0 unspecified atom stereocenters. The van der Waals surface area contributed by atoms with E-state index in [0.717, 1.165) is 0 Å². The second kappa shape index (κ2) is 3.91. The topological polar surface area (TPSA) is 72.5 Å². The zero-order chi connectivity index (χ0) is 9.84. The standard InChI is InChI=1S/C9H11NO3/c1-13-9-3-7(5-11)6(4-10)2-8(9)12/h2-3,5,12H,4,10H2,1H3. The number of hydrogen-bond acceptors (Lipinski definition) is 4. The van der Waals surface area contributed by atoms with E-state index in [-0.39, 0.29) is 18.0 Å². The Balaban J connectivity index is 3.26. The lowest BCUT2D eigenvalue weighted by Crippen LogP contribution is -2.01. The zero-order valence-corrected chi connectivity index (χ0v) is 7.28. The molecule has 0 aliphatic carbocycles. The molecule has 70 valence electrons. The summed E-state index contributed by atoms with van der Waals surface area (Å²) >= 11 is 0. The van der Waals surface area contributed by atoms with E-state index in [1.54, 1.807) is 0 Å². The minimum atomic E-state index is -0.00597. The number of methoxy groups -OCH3 is 1. The number of carbonyl (C=O) groups excluding carboxylic acids is 1. The smallest absolute Gasteiger partial charge is 0.161 e. The summed E-state index contributed by atoms with van der Waals surface area (Å²) in [7, 11) is 1.42. The number of hydrogen-bond donors (Lipinski definition) is 2. The second-order valence-corrected chi connectivity index (χ2v) is 2.54. The first-order valence-electron chi connectivity index (χ1n) is 3.78. The highest BCUT2D eigenvalue weighted by Gasteiger charge is 2.07. The Morgan fingerprint density at radius 3 is 2.77 bits per heavy atom. The molecule has 0 heterocycles. The SMILES string of the molecule is COc1cc(C=O)c(CN)cc1O. The van der Waals surface area contributed by atoms with Crippen molar-refractivity contribution in [1.29, 1.82) is 0 Å². The number of benzene rings is 1. The number of nitrogens with two attached hydrogens (primary N) is 1. The lowest BCUT2D eigenvalue weighted by molar-refractivity contribution is 0.112. The summed E-state index contributed by atoms with van der Waals surface area (Å²) in [5.74, 6) is 0.271. The lowest BCUT2D eigenvalue weighted by atomic mass is 10.1. The first kappa shape index (κ1) is 9.54. The molecule has 0 spiro atoms. The van der Waals surface area contributed by atoms with Gasteiger partial charge < -0.3 is 15.6 Å². The minimum absolute atomic E-state index is 0.00597. The largest absolute Gasteiger partial charge is 0.504 e. The van der Waals surface area contributed by atoms with Gasteiger partial charge in [0.05, 0.1) is 7.11 Å². The van der Waals surface area contributed by atoms with Gasteiger partial charge in [-0.3, -0.25) is 4.79 Å². The number of aromatic hydroxyl groups is 1. The van der Waals surface area contributed by atoms with Crippen molar-refractivity contribution in [1.82, 2.24) is 0 Å². The quantitative estimate of drug-likeness (QED) is 0.672. The molecule has 1 rings (SSSR count). The average Bonchev–Trinajstić information content (AvgIpc) is 2.17. The van der Waals surface area contributed by atoms with Crippen LogP contribution in [-0.4, -0.2) is 18.5 Å². The van der Waals surface area contributed by atoms with E-state index in [1.807, 2.05) is 0 Å². The Hall–Kier alpha value is -1.55. The van der Waals surface area contributed by atoms with Crippen molar-refractivity contribution >= 4 is 6.29 Å². The Morgan fingerprint density at radius 2 is 2.31 bits per heavy atom. The average molecular weight is 181 g/mol. The van der Waals surface area contributed by atoms with Crippen molar-refractivity contribution in [2.24, 2.45) is 5.73 Å². The maximum atomic E-state index is 10.6. The van der Waals surface area contributed by atoms with Gasteiger partial charge in [-0.05, 0) is 17.7 Å². The Labute approximate surface area is 75.9 Å². The number of carbonyl (C=O) groups is 1. The van der Waals surface area contributed by atoms with Crippen molar-refractivity contribution in [2.75, 3.05) is 7.11 Å². The summed E-state index contributed by atoms with van der Waals surface area (Å²) in [5.41, 5.74) is 6.42. The van der Waals surface area contributed by atoms with Crippen LogP contribution < -0.4 is 10.5 Å². The third-order valence-corrected chi connectivity index (χ3v) is 1.79. The number of phenolic OH excluding ortho intramolecular Hbond substituents is 1. The molecule has 3 N–H and O–H groups in total. The molecule has 0 amide bonds. The molecule has 0 aromatic heterocycles. The maximum absolute atomic E-state index is 10.6. The van der Waals surface area contributed by atoms with Crippen molar-refractivity contribution in [3.05, 3.63) is 23.3 Å². The Morgan fingerprint density at radius 1 is 1.62 bits per heavy atom. The van der Waals surface area contributed by atoms with Crippen LogP contribution >= 0.6 is 0 Å². The summed E-state index contributed by atoms with van der Waals surface area (Å²) in [6.45, 7) is 0.214. The molecule has 1 aromatic carbocycles. The molecular formula is C9H11NO3. The lowest BCUT2D eigenvalue weighted by Gasteiger charge is -2.07. The molecule has 13 heavy (non-hydrogen) atoms. The van der Waals surface area contributed by atoms with Crippen LogP contribution in [0.5, 0.6) is 11.5 Å². The highest BCUT2D eigenvalue weighted by Crippen LogP contribution is 2.28.